The Morgan fingerprint density at radius 2 is 2.14 bits per heavy atom. The van der Waals surface area contributed by atoms with Crippen molar-refractivity contribution in [3.8, 4) is 11.5 Å². The van der Waals surface area contributed by atoms with Crippen molar-refractivity contribution in [2.45, 2.75) is 51.9 Å². The molecule has 1 saturated carbocycles. The molecule has 0 atom stereocenters. The summed E-state index contributed by atoms with van der Waals surface area (Å²) in [6, 6.07) is 3.06. The first-order valence-corrected chi connectivity index (χ1v) is 8.94. The topological polar surface area (TPSA) is 91.2 Å². The van der Waals surface area contributed by atoms with E-state index in [0.29, 0.717) is 19.4 Å². The molecule has 1 aliphatic rings. The van der Waals surface area contributed by atoms with Gasteiger partial charge in [0.05, 0.1) is 0 Å². The van der Waals surface area contributed by atoms with Crippen LogP contribution >= 0.6 is 0 Å². The summed E-state index contributed by atoms with van der Waals surface area (Å²) in [4.78, 5) is 12.3. The van der Waals surface area contributed by atoms with E-state index in [-0.39, 0.29) is 29.3 Å². The number of anilines is 1. The van der Waals surface area contributed by atoms with E-state index in [9.17, 15) is 18.0 Å². The maximum Gasteiger partial charge on any atom is 0.387 e. The Morgan fingerprint density at radius 3 is 2.86 bits per heavy atom. The zero-order chi connectivity index (χ0) is 20.1. The summed E-state index contributed by atoms with van der Waals surface area (Å²) < 4.78 is 49.7. The minimum absolute atomic E-state index is 0.118. The van der Waals surface area contributed by atoms with Crippen LogP contribution in [0, 0.1) is 11.7 Å². The van der Waals surface area contributed by atoms with Gasteiger partial charge < -0.3 is 9.47 Å². The molecular weight excluding hydrogens is 379 g/mol. The lowest BCUT2D eigenvalue weighted by Gasteiger charge is -2.34. The molecule has 0 unspecified atom stereocenters. The quantitative estimate of drug-likeness (QED) is 0.697. The van der Waals surface area contributed by atoms with Gasteiger partial charge in [-0.15, -0.1) is 0 Å². The van der Waals surface area contributed by atoms with Gasteiger partial charge in [0.2, 0.25) is 11.9 Å². The van der Waals surface area contributed by atoms with Gasteiger partial charge >= 0.3 is 6.61 Å². The van der Waals surface area contributed by atoms with Crippen LogP contribution in [0.1, 0.15) is 32.6 Å². The van der Waals surface area contributed by atoms with Gasteiger partial charge in [-0.05, 0) is 41.8 Å². The minimum Gasteiger partial charge on any atom is -0.486 e. The van der Waals surface area contributed by atoms with Crippen molar-refractivity contribution in [3.63, 3.8) is 0 Å². The van der Waals surface area contributed by atoms with Gasteiger partial charge in [0, 0.05) is 18.5 Å². The summed E-state index contributed by atoms with van der Waals surface area (Å²) in [6.07, 6.45) is 2.14. The van der Waals surface area contributed by atoms with E-state index in [1.165, 1.54) is 4.68 Å². The number of carbonyl (C=O) groups excluding carboxylic acids is 1. The standard InChI is InChI=1S/C17H20F3N5O3/c1-2-3-6-25-17(22-23-24-25)21-15(26)10-7-12(8-10)27-14-9-11(18)4-5-13(14)28-16(19)20/h4-5,9-10,12,16H,2-3,6-8H2,1H3,(H,21,22,24,26). The molecule has 11 heteroatoms. The molecule has 2 aromatic rings. The van der Waals surface area contributed by atoms with E-state index < -0.39 is 18.5 Å². The maximum absolute atomic E-state index is 13.4. The highest BCUT2D eigenvalue weighted by Crippen LogP contribution is 2.36. The molecule has 1 aromatic carbocycles. The number of carbonyl (C=O) groups is 1. The number of hydrogen-bond donors (Lipinski definition) is 1. The van der Waals surface area contributed by atoms with Crippen LogP contribution in [0.3, 0.4) is 0 Å². The van der Waals surface area contributed by atoms with Crippen molar-refractivity contribution in [2.75, 3.05) is 5.32 Å². The van der Waals surface area contributed by atoms with Crippen LogP contribution in [0.25, 0.3) is 0 Å². The molecule has 1 fully saturated rings. The molecule has 1 amide bonds. The maximum atomic E-state index is 13.4. The van der Waals surface area contributed by atoms with Crippen LogP contribution < -0.4 is 14.8 Å². The molecule has 0 spiro atoms. The summed E-state index contributed by atoms with van der Waals surface area (Å²) in [5.41, 5.74) is 0. The molecule has 0 saturated heterocycles. The lowest BCUT2D eigenvalue weighted by molar-refractivity contribution is -0.125. The third kappa shape index (κ3) is 4.90. The van der Waals surface area contributed by atoms with Gasteiger partial charge in [0.25, 0.3) is 0 Å². The largest absolute Gasteiger partial charge is 0.486 e. The number of aromatic nitrogens is 4. The lowest BCUT2D eigenvalue weighted by atomic mass is 9.81. The summed E-state index contributed by atoms with van der Waals surface area (Å²) in [5, 5.41) is 13.9. The number of ether oxygens (including phenoxy) is 2. The second-order valence-electron chi connectivity index (χ2n) is 6.45. The smallest absolute Gasteiger partial charge is 0.387 e. The first-order chi connectivity index (χ1) is 13.5. The molecule has 0 aliphatic heterocycles. The highest BCUT2D eigenvalue weighted by Gasteiger charge is 2.37. The fraction of sp³-hybridized carbons (Fsp3) is 0.529. The zero-order valence-electron chi connectivity index (χ0n) is 15.1. The van der Waals surface area contributed by atoms with Gasteiger partial charge in [0.1, 0.15) is 11.9 Å². The van der Waals surface area contributed by atoms with E-state index >= 15 is 0 Å². The predicted molar refractivity (Wildman–Crippen MR) is 91.5 cm³/mol. The van der Waals surface area contributed by atoms with Crippen LogP contribution in [-0.4, -0.2) is 38.8 Å². The number of alkyl halides is 2. The SMILES string of the molecule is CCCCn1nnnc1NC(=O)C1CC(Oc2cc(F)ccc2OC(F)F)C1. The zero-order valence-corrected chi connectivity index (χ0v) is 15.1. The van der Waals surface area contributed by atoms with Crippen LogP contribution in [0.2, 0.25) is 0 Å². The van der Waals surface area contributed by atoms with Crippen LogP contribution in [0.15, 0.2) is 18.2 Å². The van der Waals surface area contributed by atoms with E-state index in [1.807, 2.05) is 6.92 Å². The molecule has 1 aromatic heterocycles. The van der Waals surface area contributed by atoms with Crippen LogP contribution in [0.4, 0.5) is 19.1 Å². The Morgan fingerprint density at radius 1 is 1.36 bits per heavy atom. The highest BCUT2D eigenvalue weighted by molar-refractivity contribution is 5.91. The highest BCUT2D eigenvalue weighted by atomic mass is 19.3. The van der Waals surface area contributed by atoms with Crippen molar-refractivity contribution < 1.29 is 27.4 Å². The number of nitrogens with zero attached hydrogens (tertiary/aromatic N) is 4. The average Bonchev–Trinajstić information content (AvgIpc) is 3.04. The first-order valence-electron chi connectivity index (χ1n) is 8.94. The van der Waals surface area contributed by atoms with E-state index in [2.05, 4.69) is 25.6 Å². The third-order valence-electron chi connectivity index (χ3n) is 4.37. The van der Waals surface area contributed by atoms with Crippen molar-refractivity contribution in [2.24, 2.45) is 5.92 Å². The molecule has 0 radical (unpaired) electrons. The number of hydrogen-bond acceptors (Lipinski definition) is 6. The Hall–Kier alpha value is -2.85. The Labute approximate surface area is 159 Å². The van der Waals surface area contributed by atoms with E-state index in [1.54, 1.807) is 0 Å². The summed E-state index contributed by atoms with van der Waals surface area (Å²) in [5.74, 6) is -1.32. The predicted octanol–water partition coefficient (Wildman–Crippen LogP) is 3.01. The molecule has 1 aliphatic carbocycles. The number of benzene rings is 1. The molecule has 0 bridgehead atoms. The summed E-state index contributed by atoms with van der Waals surface area (Å²) in [6.45, 7) is -0.415. The van der Waals surface area contributed by atoms with Gasteiger partial charge in [-0.3, -0.25) is 10.1 Å². The minimum atomic E-state index is -3.05. The summed E-state index contributed by atoms with van der Waals surface area (Å²) in [7, 11) is 0. The van der Waals surface area contributed by atoms with Crippen LogP contribution in [-0.2, 0) is 11.3 Å². The van der Waals surface area contributed by atoms with Gasteiger partial charge in [-0.2, -0.15) is 8.78 Å². The number of amides is 1. The van der Waals surface area contributed by atoms with Crippen LogP contribution in [0.5, 0.6) is 11.5 Å². The molecular formula is C17H20F3N5O3. The second-order valence-corrected chi connectivity index (χ2v) is 6.45. The normalized spacial score (nSPS) is 18.6. The molecule has 8 nitrogen and oxygen atoms in total. The van der Waals surface area contributed by atoms with Crippen molar-refractivity contribution in [3.05, 3.63) is 24.0 Å². The number of unbranched alkanes of at least 4 members (excludes halogenated alkanes) is 1. The molecule has 152 valence electrons. The molecule has 3 rings (SSSR count). The Kier molecular flexibility index (Phi) is 6.32. The second kappa shape index (κ2) is 8.89. The molecule has 28 heavy (non-hydrogen) atoms. The Balaban J connectivity index is 1.53. The van der Waals surface area contributed by atoms with Gasteiger partial charge in [0.15, 0.2) is 11.5 Å². The first kappa shape index (κ1) is 19.9. The number of rotatable bonds is 9. The fourth-order valence-electron chi connectivity index (χ4n) is 2.79. The molecule has 1 N–H and O–H groups in total. The number of tetrazole rings is 1. The third-order valence-corrected chi connectivity index (χ3v) is 4.37. The number of halogens is 3. The molecule has 1 heterocycles. The summed E-state index contributed by atoms with van der Waals surface area (Å²) >= 11 is 0. The van der Waals surface area contributed by atoms with Crippen molar-refractivity contribution in [1.29, 1.82) is 0 Å². The monoisotopic (exact) mass is 399 g/mol. The van der Waals surface area contributed by atoms with Crippen molar-refractivity contribution >= 4 is 11.9 Å². The number of aryl methyl sites for hydroxylation is 1. The van der Waals surface area contributed by atoms with E-state index in [4.69, 9.17) is 4.74 Å². The van der Waals surface area contributed by atoms with Gasteiger partial charge in [-0.25, -0.2) is 9.07 Å². The van der Waals surface area contributed by atoms with Crippen molar-refractivity contribution in [1.82, 2.24) is 20.2 Å². The van der Waals surface area contributed by atoms with Gasteiger partial charge in [-0.1, -0.05) is 18.4 Å². The number of nitrogens with one attached hydrogen (secondary N) is 1. The fourth-order valence-corrected chi connectivity index (χ4v) is 2.79. The Bertz CT molecular complexity index is 811. The van der Waals surface area contributed by atoms with E-state index in [0.717, 1.165) is 31.0 Å². The average molecular weight is 399 g/mol. The lowest BCUT2D eigenvalue weighted by Crippen LogP contribution is -2.41.